The van der Waals surface area contributed by atoms with Crippen LogP contribution in [0, 0.1) is 17.1 Å². The molecule has 1 aliphatic heterocycles. The first-order valence-electron chi connectivity index (χ1n) is 6.81. The number of hydrogen-bond acceptors (Lipinski definition) is 5. The van der Waals surface area contributed by atoms with Crippen molar-refractivity contribution in [3.8, 4) is 6.07 Å². The first-order valence-corrected chi connectivity index (χ1v) is 6.81. The first-order chi connectivity index (χ1) is 10.1. The van der Waals surface area contributed by atoms with Crippen molar-refractivity contribution in [3.05, 3.63) is 23.6 Å². The second-order valence-electron chi connectivity index (χ2n) is 5.31. The maximum absolute atomic E-state index is 14.3. The smallest absolute Gasteiger partial charge is 0.183 e. The molecule has 0 aliphatic carbocycles. The number of nitriles is 1. The summed E-state index contributed by atoms with van der Waals surface area (Å²) in [6.45, 7) is 3.54. The molecule has 7 heteroatoms. The van der Waals surface area contributed by atoms with Crippen LogP contribution in [0.2, 0.25) is 0 Å². The van der Waals surface area contributed by atoms with Crippen molar-refractivity contribution in [1.29, 1.82) is 5.26 Å². The number of benzene rings is 1. The van der Waals surface area contributed by atoms with Crippen LogP contribution in [0.25, 0.3) is 11.0 Å². The Balaban J connectivity index is 2.05. The highest BCUT2D eigenvalue weighted by atomic mass is 19.1. The number of aromatic nitrogens is 2. The number of nitrogens with two attached hydrogens (primary N) is 1. The van der Waals surface area contributed by atoms with Crippen LogP contribution < -0.4 is 15.5 Å². The van der Waals surface area contributed by atoms with Gasteiger partial charge in [0.1, 0.15) is 11.9 Å². The van der Waals surface area contributed by atoms with E-state index in [0.717, 1.165) is 26.2 Å². The van der Waals surface area contributed by atoms with Crippen LogP contribution in [0.15, 0.2) is 12.1 Å². The minimum atomic E-state index is -0.343. The van der Waals surface area contributed by atoms with Crippen molar-refractivity contribution in [1.82, 2.24) is 9.97 Å². The van der Waals surface area contributed by atoms with E-state index < -0.39 is 0 Å². The lowest BCUT2D eigenvalue weighted by atomic mass is 10.2. The minimum absolute atomic E-state index is 0.0258. The fraction of sp³-hybridized carbons (Fsp3) is 0.357. The maximum Gasteiger partial charge on any atom is 0.183 e. The molecule has 2 aromatic rings. The summed E-state index contributed by atoms with van der Waals surface area (Å²) in [5.74, 6) is -0.268. The molecule has 0 radical (unpaired) electrons. The number of rotatable bonds is 1. The molecule has 21 heavy (non-hydrogen) atoms. The Hall–Kier alpha value is -2.46. The highest BCUT2D eigenvalue weighted by molar-refractivity contribution is 5.81. The standard InChI is InChI=1S/C14H15FN6/c1-20-2-4-21(5-3-20)13-7-11-10(6-9(13)15)18-12(8-16)14(17)19-11/h6-7H,2-5H2,1H3,(H2,17,19)/p+1. The molecular formula is C14H16FN6+. The van der Waals surface area contributed by atoms with Gasteiger partial charge >= 0.3 is 0 Å². The number of halogens is 1. The van der Waals surface area contributed by atoms with E-state index in [0.29, 0.717) is 16.7 Å². The predicted octanol–water partition coefficient (Wildman–Crippen LogP) is -0.443. The van der Waals surface area contributed by atoms with Crippen molar-refractivity contribution >= 4 is 22.5 Å². The number of fused-ring (bicyclic) bond motifs is 1. The maximum atomic E-state index is 14.3. The molecule has 6 nitrogen and oxygen atoms in total. The number of piperazine rings is 1. The number of anilines is 2. The van der Waals surface area contributed by atoms with E-state index in [1.54, 1.807) is 6.07 Å². The number of likely N-dealkylation sites (N-methyl/N-ethyl adjacent to an activating group) is 1. The Kier molecular flexibility index (Phi) is 3.31. The van der Waals surface area contributed by atoms with E-state index in [-0.39, 0.29) is 17.3 Å². The SMILES string of the molecule is C[NH+]1CCN(c2cc3nc(N)c(C#N)nc3cc2F)CC1. The van der Waals surface area contributed by atoms with Crippen LogP contribution in [0.4, 0.5) is 15.9 Å². The van der Waals surface area contributed by atoms with Crippen LogP contribution in [0.1, 0.15) is 5.69 Å². The Morgan fingerprint density at radius 3 is 2.62 bits per heavy atom. The van der Waals surface area contributed by atoms with Crippen LogP contribution in [-0.2, 0) is 0 Å². The molecular weight excluding hydrogens is 271 g/mol. The number of quaternary nitrogens is 1. The molecule has 0 amide bonds. The van der Waals surface area contributed by atoms with Crippen LogP contribution in [0.5, 0.6) is 0 Å². The lowest BCUT2D eigenvalue weighted by Crippen LogP contribution is -3.12. The lowest BCUT2D eigenvalue weighted by molar-refractivity contribution is -0.880. The molecule has 1 saturated heterocycles. The Labute approximate surface area is 121 Å². The molecule has 0 saturated carbocycles. The van der Waals surface area contributed by atoms with E-state index >= 15 is 0 Å². The van der Waals surface area contributed by atoms with Crippen molar-refractivity contribution in [2.45, 2.75) is 0 Å². The molecule has 3 N–H and O–H groups in total. The Morgan fingerprint density at radius 1 is 1.29 bits per heavy atom. The number of nitrogen functional groups attached to an aromatic ring is 1. The quantitative estimate of drug-likeness (QED) is 0.743. The van der Waals surface area contributed by atoms with Crippen LogP contribution >= 0.6 is 0 Å². The van der Waals surface area contributed by atoms with Gasteiger partial charge in [0.15, 0.2) is 11.5 Å². The summed E-state index contributed by atoms with van der Waals surface area (Å²) >= 11 is 0. The lowest BCUT2D eigenvalue weighted by Gasteiger charge is -2.32. The zero-order chi connectivity index (χ0) is 15.0. The average Bonchev–Trinajstić information content (AvgIpc) is 2.47. The molecule has 1 aliphatic rings. The third kappa shape index (κ3) is 2.45. The second-order valence-corrected chi connectivity index (χ2v) is 5.31. The molecule has 0 unspecified atom stereocenters. The summed E-state index contributed by atoms with van der Waals surface area (Å²) in [7, 11) is 2.13. The van der Waals surface area contributed by atoms with Crippen molar-refractivity contribution < 1.29 is 9.29 Å². The topological polar surface area (TPSA) is 83.3 Å². The van der Waals surface area contributed by atoms with Crippen molar-refractivity contribution in [2.24, 2.45) is 0 Å². The summed E-state index contributed by atoms with van der Waals surface area (Å²) in [5, 5.41) is 8.89. The van der Waals surface area contributed by atoms with E-state index in [4.69, 9.17) is 11.0 Å². The van der Waals surface area contributed by atoms with Crippen molar-refractivity contribution in [2.75, 3.05) is 43.9 Å². The van der Waals surface area contributed by atoms with Gasteiger partial charge in [-0.3, -0.25) is 0 Å². The number of nitrogens with one attached hydrogen (secondary N) is 1. The van der Waals surface area contributed by atoms with Gasteiger partial charge in [-0.1, -0.05) is 0 Å². The van der Waals surface area contributed by atoms with E-state index in [1.807, 2.05) is 11.0 Å². The normalized spacial score (nSPS) is 16.1. The summed E-state index contributed by atoms with van der Waals surface area (Å²) in [6.07, 6.45) is 0. The highest BCUT2D eigenvalue weighted by Gasteiger charge is 2.21. The van der Waals surface area contributed by atoms with Gasteiger partial charge in [-0.15, -0.1) is 0 Å². The monoisotopic (exact) mass is 287 g/mol. The summed E-state index contributed by atoms with van der Waals surface area (Å²) in [6, 6.07) is 4.84. The van der Waals surface area contributed by atoms with Crippen LogP contribution in [-0.4, -0.2) is 43.2 Å². The zero-order valence-electron chi connectivity index (χ0n) is 11.7. The molecule has 0 atom stereocenters. The zero-order valence-corrected chi connectivity index (χ0v) is 11.7. The van der Waals surface area contributed by atoms with E-state index in [2.05, 4.69) is 17.0 Å². The number of nitrogens with zero attached hydrogens (tertiary/aromatic N) is 4. The van der Waals surface area contributed by atoms with Gasteiger partial charge in [0.05, 0.1) is 49.9 Å². The van der Waals surface area contributed by atoms with Gasteiger partial charge in [0, 0.05) is 6.07 Å². The van der Waals surface area contributed by atoms with Gasteiger partial charge in [0.25, 0.3) is 0 Å². The molecule has 1 fully saturated rings. The number of hydrogen-bond donors (Lipinski definition) is 2. The predicted molar refractivity (Wildman–Crippen MR) is 77.5 cm³/mol. The Morgan fingerprint density at radius 2 is 1.95 bits per heavy atom. The Bertz CT molecular complexity index is 730. The second kappa shape index (κ2) is 5.14. The summed E-state index contributed by atoms with van der Waals surface area (Å²) < 4.78 is 14.3. The molecule has 0 bridgehead atoms. The fourth-order valence-corrected chi connectivity index (χ4v) is 2.53. The van der Waals surface area contributed by atoms with Gasteiger partial charge in [-0.05, 0) is 6.07 Å². The van der Waals surface area contributed by atoms with Gasteiger partial charge in [0.2, 0.25) is 0 Å². The van der Waals surface area contributed by atoms with Gasteiger partial charge in [-0.2, -0.15) is 5.26 Å². The largest absolute Gasteiger partial charge is 0.381 e. The molecule has 3 rings (SSSR count). The van der Waals surface area contributed by atoms with Crippen molar-refractivity contribution in [3.63, 3.8) is 0 Å². The van der Waals surface area contributed by atoms with Gasteiger partial charge < -0.3 is 15.5 Å². The molecule has 108 valence electrons. The fourth-order valence-electron chi connectivity index (χ4n) is 2.53. The third-order valence-corrected chi connectivity index (χ3v) is 3.82. The molecule has 0 spiro atoms. The minimum Gasteiger partial charge on any atom is -0.381 e. The average molecular weight is 287 g/mol. The third-order valence-electron chi connectivity index (χ3n) is 3.82. The van der Waals surface area contributed by atoms with Gasteiger partial charge in [-0.25, -0.2) is 14.4 Å². The first kappa shape index (κ1) is 13.5. The molecule has 1 aromatic heterocycles. The van der Waals surface area contributed by atoms with E-state index in [1.165, 1.54) is 11.0 Å². The van der Waals surface area contributed by atoms with E-state index in [9.17, 15) is 4.39 Å². The summed E-state index contributed by atoms with van der Waals surface area (Å²) in [5.41, 5.74) is 7.08. The molecule has 2 heterocycles. The van der Waals surface area contributed by atoms with Crippen LogP contribution in [0.3, 0.4) is 0 Å². The highest BCUT2D eigenvalue weighted by Crippen LogP contribution is 2.25. The summed E-state index contributed by atoms with van der Waals surface area (Å²) in [4.78, 5) is 11.6. The molecule has 1 aromatic carbocycles.